The lowest BCUT2D eigenvalue weighted by molar-refractivity contribution is -0.151. The van der Waals surface area contributed by atoms with Gasteiger partial charge in [-0.3, -0.25) is 4.79 Å². The molecular formula is C10H8ClFO3. The molecule has 1 rings (SSSR count). The molecule has 0 bridgehead atoms. The molecular weight excluding hydrogens is 223 g/mol. The zero-order chi connectivity index (χ0) is 11.4. The summed E-state index contributed by atoms with van der Waals surface area (Å²) in [7, 11) is 1.10. The fraction of sp³-hybridized carbons (Fsp3) is 0.200. The van der Waals surface area contributed by atoms with Crippen LogP contribution < -0.4 is 0 Å². The van der Waals surface area contributed by atoms with Crippen LogP contribution in [-0.2, 0) is 20.7 Å². The van der Waals surface area contributed by atoms with Crippen molar-refractivity contribution < 1.29 is 18.7 Å². The van der Waals surface area contributed by atoms with Crippen LogP contribution in [0.4, 0.5) is 4.39 Å². The molecule has 0 aliphatic carbocycles. The van der Waals surface area contributed by atoms with Crippen LogP contribution in [0, 0.1) is 5.82 Å². The summed E-state index contributed by atoms with van der Waals surface area (Å²) < 4.78 is 17.0. The fourth-order valence-electron chi connectivity index (χ4n) is 1.04. The highest BCUT2D eigenvalue weighted by Crippen LogP contribution is 2.17. The van der Waals surface area contributed by atoms with Gasteiger partial charge in [0.1, 0.15) is 5.82 Å². The lowest BCUT2D eigenvalue weighted by Gasteiger charge is -2.02. The minimum atomic E-state index is -0.963. The number of esters is 1. The Labute approximate surface area is 90.8 Å². The Kier molecular flexibility index (Phi) is 3.80. The molecule has 0 saturated heterocycles. The number of benzene rings is 1. The summed E-state index contributed by atoms with van der Waals surface area (Å²) in [4.78, 5) is 22.0. The van der Waals surface area contributed by atoms with Gasteiger partial charge in [0, 0.05) is 11.4 Å². The molecule has 0 N–H and O–H groups in total. The molecule has 3 nitrogen and oxygen atoms in total. The maximum atomic E-state index is 12.8. The van der Waals surface area contributed by atoms with E-state index in [4.69, 9.17) is 11.6 Å². The van der Waals surface area contributed by atoms with Gasteiger partial charge in [-0.05, 0) is 23.8 Å². The molecule has 5 heteroatoms. The summed E-state index contributed by atoms with van der Waals surface area (Å²) in [6, 6.07) is 3.62. The SMILES string of the molecule is COC(=O)C(=O)Cc1cc(F)ccc1Cl. The largest absolute Gasteiger partial charge is 0.463 e. The number of carbonyl (C=O) groups excluding carboxylic acids is 2. The number of ketones is 1. The Hall–Kier alpha value is -1.42. The Morgan fingerprint density at radius 3 is 2.73 bits per heavy atom. The molecule has 15 heavy (non-hydrogen) atoms. The molecule has 0 unspecified atom stereocenters. The molecule has 0 fully saturated rings. The molecule has 1 aromatic carbocycles. The van der Waals surface area contributed by atoms with Gasteiger partial charge in [-0.25, -0.2) is 9.18 Å². The maximum absolute atomic E-state index is 12.8. The first-order chi connectivity index (χ1) is 7.04. The van der Waals surface area contributed by atoms with Gasteiger partial charge in [0.2, 0.25) is 5.78 Å². The van der Waals surface area contributed by atoms with E-state index in [1.54, 1.807) is 0 Å². The highest BCUT2D eigenvalue weighted by molar-refractivity contribution is 6.35. The van der Waals surface area contributed by atoms with E-state index in [-0.39, 0.29) is 17.0 Å². The fourth-order valence-corrected chi connectivity index (χ4v) is 1.22. The number of rotatable bonds is 3. The molecule has 1 aromatic rings. The van der Waals surface area contributed by atoms with E-state index >= 15 is 0 Å². The lowest BCUT2D eigenvalue weighted by atomic mass is 10.1. The maximum Gasteiger partial charge on any atom is 0.374 e. The Balaban J connectivity index is 2.85. The van der Waals surface area contributed by atoms with Crippen molar-refractivity contribution in [1.29, 1.82) is 0 Å². The van der Waals surface area contributed by atoms with E-state index < -0.39 is 17.6 Å². The van der Waals surface area contributed by atoms with Crippen LogP contribution in [0.1, 0.15) is 5.56 Å². The van der Waals surface area contributed by atoms with Crippen LogP contribution in [-0.4, -0.2) is 18.9 Å². The third-order valence-electron chi connectivity index (χ3n) is 1.77. The predicted molar refractivity (Wildman–Crippen MR) is 52.1 cm³/mol. The molecule has 0 atom stereocenters. The van der Waals surface area contributed by atoms with Gasteiger partial charge in [0.25, 0.3) is 0 Å². The third kappa shape index (κ3) is 3.02. The minimum absolute atomic E-state index is 0.244. The highest BCUT2D eigenvalue weighted by Gasteiger charge is 2.16. The van der Waals surface area contributed by atoms with Gasteiger partial charge < -0.3 is 4.74 Å². The number of hydrogen-bond donors (Lipinski definition) is 0. The number of carbonyl (C=O) groups is 2. The molecule has 0 aromatic heterocycles. The average Bonchev–Trinajstić information content (AvgIpc) is 2.22. The van der Waals surface area contributed by atoms with Crippen LogP contribution in [0.3, 0.4) is 0 Å². The first kappa shape index (κ1) is 11.7. The summed E-state index contributed by atoms with van der Waals surface area (Å²) in [6.07, 6.45) is -0.261. The lowest BCUT2D eigenvalue weighted by Crippen LogP contribution is -2.18. The van der Waals surface area contributed by atoms with Crippen molar-refractivity contribution in [3.8, 4) is 0 Å². The quantitative estimate of drug-likeness (QED) is 0.587. The number of hydrogen-bond acceptors (Lipinski definition) is 3. The van der Waals surface area contributed by atoms with Crippen molar-refractivity contribution in [1.82, 2.24) is 0 Å². The topological polar surface area (TPSA) is 43.4 Å². The van der Waals surface area contributed by atoms with Gasteiger partial charge >= 0.3 is 5.97 Å². The number of ether oxygens (including phenoxy) is 1. The minimum Gasteiger partial charge on any atom is -0.463 e. The highest BCUT2D eigenvalue weighted by atomic mass is 35.5. The van der Waals surface area contributed by atoms with Crippen molar-refractivity contribution in [2.24, 2.45) is 0 Å². The van der Waals surface area contributed by atoms with Gasteiger partial charge in [0.05, 0.1) is 7.11 Å². The first-order valence-corrected chi connectivity index (χ1v) is 4.47. The first-order valence-electron chi connectivity index (χ1n) is 4.09. The van der Waals surface area contributed by atoms with E-state index in [0.717, 1.165) is 13.2 Å². The Bertz CT molecular complexity index is 404. The van der Waals surface area contributed by atoms with Crippen molar-refractivity contribution >= 4 is 23.4 Å². The second-order valence-corrected chi connectivity index (χ2v) is 3.23. The standard InChI is InChI=1S/C10H8ClFO3/c1-15-10(14)9(13)5-6-4-7(12)2-3-8(6)11/h2-4H,5H2,1H3. The molecule has 0 amide bonds. The number of halogens is 2. The molecule has 0 heterocycles. The monoisotopic (exact) mass is 230 g/mol. The van der Waals surface area contributed by atoms with Crippen molar-refractivity contribution in [2.75, 3.05) is 7.11 Å². The molecule has 0 aliphatic rings. The van der Waals surface area contributed by atoms with Gasteiger partial charge in [0.15, 0.2) is 0 Å². The summed E-state index contributed by atoms with van der Waals surface area (Å²) in [5.41, 5.74) is 0.270. The summed E-state index contributed by atoms with van der Waals surface area (Å²) in [5, 5.41) is 0.244. The van der Waals surface area contributed by atoms with Gasteiger partial charge in [-0.2, -0.15) is 0 Å². The van der Waals surface area contributed by atoms with Crippen molar-refractivity contribution in [3.05, 3.63) is 34.6 Å². The zero-order valence-electron chi connectivity index (χ0n) is 7.92. The molecule has 80 valence electrons. The number of Topliss-reactive ketones (excluding diaryl/α,β-unsaturated/α-hetero) is 1. The summed E-state index contributed by atoms with van der Waals surface area (Å²) >= 11 is 5.72. The Morgan fingerprint density at radius 1 is 1.47 bits per heavy atom. The normalized spacial score (nSPS) is 9.80. The van der Waals surface area contributed by atoms with Crippen LogP contribution in [0.5, 0.6) is 0 Å². The van der Waals surface area contributed by atoms with Crippen molar-refractivity contribution in [3.63, 3.8) is 0 Å². The second kappa shape index (κ2) is 4.89. The third-order valence-corrected chi connectivity index (χ3v) is 2.14. The molecule has 0 saturated carbocycles. The zero-order valence-corrected chi connectivity index (χ0v) is 8.68. The smallest absolute Gasteiger partial charge is 0.374 e. The van der Waals surface area contributed by atoms with E-state index in [2.05, 4.69) is 4.74 Å². The second-order valence-electron chi connectivity index (χ2n) is 2.83. The van der Waals surface area contributed by atoms with Crippen LogP contribution in [0.15, 0.2) is 18.2 Å². The van der Waals surface area contributed by atoms with Crippen LogP contribution in [0.2, 0.25) is 5.02 Å². The van der Waals surface area contributed by atoms with E-state index in [0.29, 0.717) is 0 Å². The van der Waals surface area contributed by atoms with Crippen LogP contribution >= 0.6 is 11.6 Å². The summed E-state index contributed by atoms with van der Waals surface area (Å²) in [6.45, 7) is 0. The predicted octanol–water partition coefficient (Wildman–Crippen LogP) is 1.76. The molecule has 0 radical (unpaired) electrons. The average molecular weight is 231 g/mol. The van der Waals surface area contributed by atoms with E-state index in [1.807, 2.05) is 0 Å². The summed E-state index contributed by atoms with van der Waals surface area (Å²) in [5.74, 6) is -2.23. The van der Waals surface area contributed by atoms with E-state index in [9.17, 15) is 14.0 Å². The van der Waals surface area contributed by atoms with Crippen LogP contribution in [0.25, 0.3) is 0 Å². The Morgan fingerprint density at radius 2 is 2.13 bits per heavy atom. The number of methoxy groups -OCH3 is 1. The molecule has 0 spiro atoms. The van der Waals surface area contributed by atoms with E-state index in [1.165, 1.54) is 12.1 Å². The molecule has 0 aliphatic heterocycles. The van der Waals surface area contributed by atoms with Gasteiger partial charge in [-0.1, -0.05) is 11.6 Å². The van der Waals surface area contributed by atoms with Crippen molar-refractivity contribution in [2.45, 2.75) is 6.42 Å². The van der Waals surface area contributed by atoms with Gasteiger partial charge in [-0.15, -0.1) is 0 Å².